The van der Waals surface area contributed by atoms with Crippen LogP contribution in [0, 0.1) is 0 Å². The van der Waals surface area contributed by atoms with Crippen molar-refractivity contribution in [3.8, 4) is 0 Å². The summed E-state index contributed by atoms with van der Waals surface area (Å²) in [5.74, 6) is 0.0244. The summed E-state index contributed by atoms with van der Waals surface area (Å²) >= 11 is 0. The molecule has 0 heterocycles. The number of amides is 1. The molecular formula is C23H35NO3. The van der Waals surface area contributed by atoms with Gasteiger partial charge in [-0.2, -0.15) is 0 Å². The fourth-order valence-electron chi connectivity index (χ4n) is 2.93. The van der Waals surface area contributed by atoms with Gasteiger partial charge in [0, 0.05) is 6.04 Å². The van der Waals surface area contributed by atoms with Gasteiger partial charge < -0.3 is 10.1 Å². The molecule has 0 aliphatic carbocycles. The van der Waals surface area contributed by atoms with E-state index in [1.54, 1.807) is 6.08 Å². The summed E-state index contributed by atoms with van der Waals surface area (Å²) in [6.07, 6.45) is 13.2. The molecule has 4 nitrogen and oxygen atoms in total. The van der Waals surface area contributed by atoms with Crippen LogP contribution in [-0.4, -0.2) is 17.9 Å². The Morgan fingerprint density at radius 1 is 1.04 bits per heavy atom. The molecule has 0 aliphatic heterocycles. The van der Waals surface area contributed by atoms with Crippen molar-refractivity contribution in [1.82, 2.24) is 5.32 Å². The number of carbonyl (C=O) groups is 2. The molecule has 4 heteroatoms. The largest absolute Gasteiger partial charge is 0.445 e. The second kappa shape index (κ2) is 15.0. The van der Waals surface area contributed by atoms with Crippen molar-refractivity contribution in [3.05, 3.63) is 48.0 Å². The van der Waals surface area contributed by atoms with Crippen LogP contribution in [0.4, 0.5) is 4.79 Å². The minimum atomic E-state index is -0.400. The van der Waals surface area contributed by atoms with E-state index >= 15 is 0 Å². The highest BCUT2D eigenvalue weighted by Crippen LogP contribution is 2.12. The Hall–Kier alpha value is -2.10. The lowest BCUT2D eigenvalue weighted by atomic mass is 10.0. The van der Waals surface area contributed by atoms with Crippen LogP contribution in [0.15, 0.2) is 42.5 Å². The third-order valence-electron chi connectivity index (χ3n) is 4.46. The summed E-state index contributed by atoms with van der Waals surface area (Å²) in [6.45, 7) is 4.02. The normalized spacial score (nSPS) is 12.1. The van der Waals surface area contributed by atoms with E-state index in [0.29, 0.717) is 6.42 Å². The van der Waals surface area contributed by atoms with Gasteiger partial charge in [0.1, 0.15) is 6.61 Å². The Kier molecular flexibility index (Phi) is 12.7. The van der Waals surface area contributed by atoms with Gasteiger partial charge in [0.05, 0.1) is 0 Å². The van der Waals surface area contributed by atoms with E-state index < -0.39 is 6.09 Å². The Labute approximate surface area is 164 Å². The second-order valence-electron chi connectivity index (χ2n) is 7.06. The number of benzene rings is 1. The first-order valence-corrected chi connectivity index (χ1v) is 10.3. The van der Waals surface area contributed by atoms with Crippen molar-refractivity contribution in [1.29, 1.82) is 0 Å². The number of rotatable bonds is 14. The molecule has 0 radical (unpaired) electrons. The van der Waals surface area contributed by atoms with Crippen LogP contribution in [0.1, 0.15) is 77.2 Å². The summed E-state index contributed by atoms with van der Waals surface area (Å²) < 4.78 is 5.32. The van der Waals surface area contributed by atoms with E-state index in [0.717, 1.165) is 18.4 Å². The Bertz CT molecular complexity index is 554. The van der Waals surface area contributed by atoms with Crippen LogP contribution >= 0.6 is 0 Å². The Morgan fingerprint density at radius 3 is 2.37 bits per heavy atom. The molecule has 1 rings (SSSR count). The van der Waals surface area contributed by atoms with Crippen molar-refractivity contribution < 1.29 is 14.3 Å². The molecule has 0 aromatic heterocycles. The number of hydrogen-bond donors (Lipinski definition) is 1. The minimum absolute atomic E-state index is 0.000449. The molecule has 150 valence electrons. The molecule has 0 aliphatic rings. The van der Waals surface area contributed by atoms with Gasteiger partial charge in [0.15, 0.2) is 5.78 Å². The van der Waals surface area contributed by atoms with Gasteiger partial charge in [-0.1, -0.05) is 88.3 Å². The highest BCUT2D eigenvalue weighted by Gasteiger charge is 2.12. The highest BCUT2D eigenvalue weighted by atomic mass is 16.5. The number of ether oxygens (including phenoxy) is 1. The van der Waals surface area contributed by atoms with Crippen LogP contribution in [-0.2, 0) is 16.1 Å². The van der Waals surface area contributed by atoms with Gasteiger partial charge in [-0.05, 0) is 31.4 Å². The smallest absolute Gasteiger partial charge is 0.407 e. The van der Waals surface area contributed by atoms with E-state index in [2.05, 4.69) is 12.2 Å². The van der Waals surface area contributed by atoms with Crippen molar-refractivity contribution in [2.24, 2.45) is 0 Å². The van der Waals surface area contributed by atoms with E-state index in [9.17, 15) is 9.59 Å². The number of ketones is 1. The lowest BCUT2D eigenvalue weighted by molar-refractivity contribution is -0.112. The van der Waals surface area contributed by atoms with Crippen LogP contribution < -0.4 is 5.32 Å². The minimum Gasteiger partial charge on any atom is -0.445 e. The topological polar surface area (TPSA) is 55.4 Å². The first-order chi connectivity index (χ1) is 13.1. The fourth-order valence-corrected chi connectivity index (χ4v) is 2.93. The summed E-state index contributed by atoms with van der Waals surface area (Å²) in [7, 11) is 0. The highest BCUT2D eigenvalue weighted by molar-refractivity contribution is 5.87. The third kappa shape index (κ3) is 12.8. The molecule has 1 aromatic rings. The van der Waals surface area contributed by atoms with Gasteiger partial charge in [0.2, 0.25) is 0 Å². The standard InChI is InChI=1S/C23H35NO3/c1-3-4-5-6-7-8-12-17-22(18-13-14-20(2)25)24-23(26)27-19-21-15-10-9-11-16-21/h9-11,13-16,22H,3-8,12,17-19H2,1-2H3,(H,24,26)/b14-13+. The fraction of sp³-hybridized carbons (Fsp3) is 0.565. The zero-order chi connectivity index (χ0) is 19.7. The predicted octanol–water partition coefficient (Wildman–Crippen LogP) is 5.96. The van der Waals surface area contributed by atoms with Gasteiger partial charge >= 0.3 is 6.09 Å². The molecule has 1 amide bonds. The molecule has 1 aromatic carbocycles. The first-order valence-electron chi connectivity index (χ1n) is 10.3. The quantitative estimate of drug-likeness (QED) is 0.323. The molecule has 1 N–H and O–H groups in total. The molecule has 0 saturated carbocycles. The average molecular weight is 374 g/mol. The molecule has 0 saturated heterocycles. The van der Waals surface area contributed by atoms with Crippen LogP contribution in [0.3, 0.4) is 0 Å². The summed E-state index contributed by atoms with van der Waals surface area (Å²) in [5.41, 5.74) is 0.966. The lowest BCUT2D eigenvalue weighted by Gasteiger charge is -2.17. The molecule has 0 fully saturated rings. The zero-order valence-electron chi connectivity index (χ0n) is 16.9. The number of hydrogen-bond acceptors (Lipinski definition) is 3. The van der Waals surface area contributed by atoms with Crippen LogP contribution in [0.25, 0.3) is 0 Å². The SMILES string of the molecule is CCCCCCCCCC(C/C=C/C(C)=O)NC(=O)OCc1ccccc1. The molecule has 1 atom stereocenters. The molecular weight excluding hydrogens is 338 g/mol. The van der Waals surface area contributed by atoms with Gasteiger partial charge in [-0.15, -0.1) is 0 Å². The zero-order valence-corrected chi connectivity index (χ0v) is 16.9. The second-order valence-corrected chi connectivity index (χ2v) is 7.06. The van der Waals surface area contributed by atoms with Gasteiger partial charge in [0.25, 0.3) is 0 Å². The van der Waals surface area contributed by atoms with Crippen molar-refractivity contribution in [2.75, 3.05) is 0 Å². The molecule has 0 bridgehead atoms. The number of allylic oxidation sites excluding steroid dienone is 1. The predicted molar refractivity (Wildman–Crippen MR) is 111 cm³/mol. The lowest BCUT2D eigenvalue weighted by Crippen LogP contribution is -2.35. The van der Waals surface area contributed by atoms with Crippen molar-refractivity contribution >= 4 is 11.9 Å². The van der Waals surface area contributed by atoms with Gasteiger partial charge in [-0.3, -0.25) is 4.79 Å². The Morgan fingerprint density at radius 2 is 1.70 bits per heavy atom. The summed E-state index contributed by atoms with van der Waals surface area (Å²) in [5, 5.41) is 2.95. The van der Waals surface area contributed by atoms with E-state index in [-0.39, 0.29) is 18.4 Å². The van der Waals surface area contributed by atoms with Gasteiger partial charge in [-0.25, -0.2) is 4.79 Å². The van der Waals surface area contributed by atoms with Crippen LogP contribution in [0.5, 0.6) is 0 Å². The van der Waals surface area contributed by atoms with Crippen molar-refractivity contribution in [2.45, 2.75) is 84.3 Å². The van der Waals surface area contributed by atoms with E-state index in [1.807, 2.05) is 36.4 Å². The molecule has 0 spiro atoms. The monoisotopic (exact) mass is 373 g/mol. The summed E-state index contributed by atoms with van der Waals surface area (Å²) in [4.78, 5) is 23.2. The molecule has 27 heavy (non-hydrogen) atoms. The number of nitrogens with one attached hydrogen (secondary N) is 1. The van der Waals surface area contributed by atoms with E-state index in [4.69, 9.17) is 4.74 Å². The Balaban J connectivity index is 2.35. The third-order valence-corrected chi connectivity index (χ3v) is 4.46. The summed E-state index contributed by atoms with van der Waals surface area (Å²) in [6, 6.07) is 9.64. The first kappa shape index (κ1) is 22.9. The number of carbonyl (C=O) groups excluding carboxylic acids is 2. The maximum atomic E-state index is 12.1. The number of unbranched alkanes of at least 4 members (excludes halogenated alkanes) is 6. The maximum absolute atomic E-state index is 12.1. The number of alkyl carbamates (subject to hydrolysis) is 1. The van der Waals surface area contributed by atoms with E-state index in [1.165, 1.54) is 45.4 Å². The molecule has 1 unspecified atom stereocenters. The van der Waals surface area contributed by atoms with Crippen LogP contribution in [0.2, 0.25) is 0 Å². The van der Waals surface area contributed by atoms with Crippen molar-refractivity contribution in [3.63, 3.8) is 0 Å². The average Bonchev–Trinajstić information content (AvgIpc) is 2.66. The maximum Gasteiger partial charge on any atom is 0.407 e.